The summed E-state index contributed by atoms with van der Waals surface area (Å²) in [7, 11) is 0. The molecule has 114 valence electrons. The van der Waals surface area contributed by atoms with Gasteiger partial charge >= 0.3 is 0 Å². The van der Waals surface area contributed by atoms with Gasteiger partial charge in [0.25, 0.3) is 5.56 Å². The van der Waals surface area contributed by atoms with E-state index in [0.29, 0.717) is 5.69 Å². The number of nitriles is 2. The van der Waals surface area contributed by atoms with Crippen LogP contribution >= 0.6 is 0 Å². The molecule has 0 aliphatic rings. The Morgan fingerprint density at radius 3 is 2.17 bits per heavy atom. The Bertz CT molecular complexity index is 1040. The Hall–Kier alpha value is -3.97. The third-order valence-corrected chi connectivity index (χ3v) is 3.44. The molecule has 0 aliphatic heterocycles. The van der Waals surface area contributed by atoms with Crippen molar-refractivity contribution < 1.29 is 0 Å². The summed E-state index contributed by atoms with van der Waals surface area (Å²) in [5, 5.41) is 19.0. The number of hydrogen-bond acceptors (Lipinski definition) is 6. The van der Waals surface area contributed by atoms with E-state index in [1.54, 1.807) is 36.4 Å². The Balaban J connectivity index is 2.46. The normalized spacial score (nSPS) is 9.92. The van der Waals surface area contributed by atoms with Gasteiger partial charge in [0.05, 0.1) is 5.69 Å². The first-order valence-corrected chi connectivity index (χ1v) is 6.90. The first kappa shape index (κ1) is 14.9. The van der Waals surface area contributed by atoms with Crippen LogP contribution in [0.1, 0.15) is 11.1 Å². The van der Waals surface area contributed by atoms with E-state index in [9.17, 15) is 15.3 Å². The minimum absolute atomic E-state index is 0.00973. The van der Waals surface area contributed by atoms with Crippen LogP contribution in [0.2, 0.25) is 0 Å². The zero-order valence-electron chi connectivity index (χ0n) is 12.3. The Kier molecular flexibility index (Phi) is 3.76. The van der Waals surface area contributed by atoms with Gasteiger partial charge in [0.15, 0.2) is 0 Å². The van der Waals surface area contributed by atoms with E-state index in [-0.39, 0.29) is 28.3 Å². The summed E-state index contributed by atoms with van der Waals surface area (Å²) >= 11 is 0. The minimum Gasteiger partial charge on any atom is -0.384 e. The summed E-state index contributed by atoms with van der Waals surface area (Å²) in [5.74, 6) is 0.154. The third-order valence-electron chi connectivity index (χ3n) is 3.44. The van der Waals surface area contributed by atoms with Crippen molar-refractivity contribution in [1.82, 2.24) is 14.5 Å². The molecule has 0 aliphatic carbocycles. The van der Waals surface area contributed by atoms with Gasteiger partial charge in [-0.3, -0.25) is 9.78 Å². The topological polar surface area (TPSA) is 121 Å². The molecule has 0 amide bonds. The monoisotopic (exact) mass is 314 g/mol. The second-order valence-electron chi connectivity index (χ2n) is 4.78. The number of nitrogens with two attached hydrogens (primary N) is 1. The average molecular weight is 314 g/mol. The molecule has 0 bridgehead atoms. The van der Waals surface area contributed by atoms with Crippen molar-refractivity contribution in [2.24, 2.45) is 0 Å². The molecule has 3 aromatic rings. The van der Waals surface area contributed by atoms with E-state index in [1.165, 1.54) is 12.4 Å². The average Bonchev–Trinajstić information content (AvgIpc) is 2.63. The van der Waals surface area contributed by atoms with E-state index in [0.717, 1.165) is 4.57 Å². The lowest BCUT2D eigenvalue weighted by atomic mass is 10.00. The summed E-state index contributed by atoms with van der Waals surface area (Å²) in [6.07, 6.45) is 3.00. The van der Waals surface area contributed by atoms with Crippen molar-refractivity contribution >= 4 is 5.82 Å². The molecule has 7 heteroatoms. The van der Waals surface area contributed by atoms with Crippen LogP contribution in [0.5, 0.6) is 0 Å². The first-order valence-electron chi connectivity index (χ1n) is 6.90. The van der Waals surface area contributed by atoms with Gasteiger partial charge in [-0.05, 0) is 24.3 Å². The highest BCUT2D eigenvalue weighted by atomic mass is 16.1. The predicted octanol–water partition coefficient (Wildman–Crippen LogP) is 1.62. The Morgan fingerprint density at radius 1 is 0.958 bits per heavy atom. The molecule has 7 nitrogen and oxygen atoms in total. The maximum Gasteiger partial charge on any atom is 0.276 e. The SMILES string of the molecule is N#Cc1c(-c2ccccn2)c(C#N)c(=O)n(-c2ccccn2)c1N. The van der Waals surface area contributed by atoms with Crippen LogP contribution in [-0.4, -0.2) is 14.5 Å². The minimum atomic E-state index is -0.645. The van der Waals surface area contributed by atoms with Crippen molar-refractivity contribution in [2.75, 3.05) is 5.73 Å². The molecule has 0 saturated carbocycles. The first-order chi connectivity index (χ1) is 11.7. The zero-order chi connectivity index (χ0) is 17.1. The standard InChI is InChI=1S/C17H10N6O/c18-9-11-15(13-5-1-3-7-21-13)12(10-19)17(24)23(16(11)20)14-6-2-4-8-22-14/h1-8H,20H2. The molecule has 0 spiro atoms. The fourth-order valence-electron chi connectivity index (χ4n) is 2.39. The van der Waals surface area contributed by atoms with Crippen LogP contribution in [0.15, 0.2) is 53.6 Å². The quantitative estimate of drug-likeness (QED) is 0.767. The summed E-state index contributed by atoms with van der Waals surface area (Å²) in [6, 6.07) is 13.8. The van der Waals surface area contributed by atoms with Gasteiger partial charge in [-0.1, -0.05) is 12.1 Å². The molecule has 3 aromatic heterocycles. The van der Waals surface area contributed by atoms with E-state index < -0.39 is 5.56 Å². The molecule has 0 unspecified atom stereocenters. The zero-order valence-corrected chi connectivity index (χ0v) is 12.3. The van der Waals surface area contributed by atoms with E-state index in [4.69, 9.17) is 5.73 Å². The van der Waals surface area contributed by atoms with Crippen LogP contribution < -0.4 is 11.3 Å². The maximum absolute atomic E-state index is 12.8. The summed E-state index contributed by atoms with van der Waals surface area (Å²) < 4.78 is 1.06. The number of hydrogen-bond donors (Lipinski definition) is 1. The molecule has 0 radical (unpaired) electrons. The predicted molar refractivity (Wildman–Crippen MR) is 86.9 cm³/mol. The molecule has 0 fully saturated rings. The number of anilines is 1. The molecular formula is C17H10N6O. The van der Waals surface area contributed by atoms with E-state index >= 15 is 0 Å². The number of aromatic nitrogens is 3. The highest BCUT2D eigenvalue weighted by Gasteiger charge is 2.23. The largest absolute Gasteiger partial charge is 0.384 e. The van der Waals surface area contributed by atoms with Gasteiger partial charge in [0, 0.05) is 18.0 Å². The third kappa shape index (κ3) is 2.27. The second kappa shape index (κ2) is 6.03. The van der Waals surface area contributed by atoms with Gasteiger partial charge in [-0.25, -0.2) is 9.55 Å². The van der Waals surface area contributed by atoms with Crippen molar-refractivity contribution in [3.05, 3.63) is 70.3 Å². The van der Waals surface area contributed by atoms with Gasteiger partial charge in [-0.15, -0.1) is 0 Å². The van der Waals surface area contributed by atoms with Crippen LogP contribution in [0, 0.1) is 22.7 Å². The number of nitrogen functional groups attached to an aromatic ring is 1. The highest BCUT2D eigenvalue weighted by molar-refractivity contribution is 5.79. The highest BCUT2D eigenvalue weighted by Crippen LogP contribution is 2.28. The second-order valence-corrected chi connectivity index (χ2v) is 4.78. The molecule has 0 aromatic carbocycles. The Morgan fingerprint density at radius 2 is 1.62 bits per heavy atom. The fourth-order valence-corrected chi connectivity index (χ4v) is 2.39. The fraction of sp³-hybridized carbons (Fsp3) is 0. The van der Waals surface area contributed by atoms with Crippen molar-refractivity contribution in [1.29, 1.82) is 10.5 Å². The van der Waals surface area contributed by atoms with Crippen molar-refractivity contribution in [3.63, 3.8) is 0 Å². The number of nitrogens with zero attached hydrogens (tertiary/aromatic N) is 5. The van der Waals surface area contributed by atoms with E-state index in [2.05, 4.69) is 9.97 Å². The Labute approximate surface area is 136 Å². The molecule has 3 heterocycles. The van der Waals surface area contributed by atoms with Gasteiger partial charge in [0.2, 0.25) is 0 Å². The molecular weight excluding hydrogens is 304 g/mol. The lowest BCUT2D eigenvalue weighted by molar-refractivity contribution is 0.944. The van der Waals surface area contributed by atoms with Crippen LogP contribution in [-0.2, 0) is 0 Å². The molecule has 0 atom stereocenters. The van der Waals surface area contributed by atoms with Crippen molar-refractivity contribution in [2.45, 2.75) is 0 Å². The van der Waals surface area contributed by atoms with Crippen LogP contribution in [0.4, 0.5) is 5.82 Å². The molecule has 24 heavy (non-hydrogen) atoms. The molecule has 0 saturated heterocycles. The van der Waals surface area contributed by atoms with Gasteiger partial charge in [0.1, 0.15) is 34.9 Å². The number of rotatable bonds is 2. The van der Waals surface area contributed by atoms with Gasteiger partial charge < -0.3 is 5.73 Å². The lowest BCUT2D eigenvalue weighted by Crippen LogP contribution is -2.27. The van der Waals surface area contributed by atoms with Crippen LogP contribution in [0.25, 0.3) is 17.1 Å². The van der Waals surface area contributed by atoms with E-state index in [1.807, 2.05) is 12.1 Å². The van der Waals surface area contributed by atoms with Gasteiger partial charge in [-0.2, -0.15) is 10.5 Å². The molecule has 3 rings (SSSR count). The summed E-state index contributed by atoms with van der Waals surface area (Å²) in [6.45, 7) is 0. The number of pyridine rings is 3. The van der Waals surface area contributed by atoms with Crippen LogP contribution in [0.3, 0.4) is 0 Å². The summed E-state index contributed by atoms with van der Waals surface area (Å²) in [5.41, 5.74) is 5.68. The summed E-state index contributed by atoms with van der Waals surface area (Å²) in [4.78, 5) is 21.0. The van der Waals surface area contributed by atoms with Crippen molar-refractivity contribution in [3.8, 4) is 29.2 Å². The maximum atomic E-state index is 12.8. The smallest absolute Gasteiger partial charge is 0.276 e. The molecule has 2 N–H and O–H groups in total. The lowest BCUT2D eigenvalue weighted by Gasteiger charge is -2.14.